The maximum Gasteiger partial charge on any atom is 0.149 e. The van der Waals surface area contributed by atoms with Crippen LogP contribution in [0.1, 0.15) is 139 Å². The molecule has 0 saturated carbocycles. The lowest BCUT2D eigenvalue weighted by atomic mass is 9.79. The van der Waals surface area contributed by atoms with Gasteiger partial charge < -0.3 is 5.11 Å². The number of hydrogen-bond acceptors (Lipinski definition) is 3. The van der Waals surface area contributed by atoms with E-state index in [4.69, 9.17) is 16.8 Å². The molecule has 66 heavy (non-hydrogen) atoms. The fourth-order valence-electron chi connectivity index (χ4n) is 8.65. The summed E-state index contributed by atoms with van der Waals surface area (Å²) in [4.78, 5) is 10.5. The van der Waals surface area contributed by atoms with Crippen molar-refractivity contribution in [1.82, 2.24) is 14.5 Å². The summed E-state index contributed by atoms with van der Waals surface area (Å²) in [7, 11) is 0. The van der Waals surface area contributed by atoms with E-state index >= 15 is 0 Å². The molecule has 0 bridgehead atoms. The third-order valence-electron chi connectivity index (χ3n) is 12.8. The molecule has 0 fully saturated rings. The Bertz CT molecular complexity index is 3360. The number of phenolic OH excluding ortho intramolecular Hbond substituents is 1. The molecular formula is C62H69N3O. The lowest BCUT2D eigenvalue weighted by Crippen LogP contribution is -2.17. The van der Waals surface area contributed by atoms with E-state index in [1.54, 1.807) is 12.3 Å². The summed E-state index contributed by atoms with van der Waals surface area (Å²) in [5.74, 6) is 0.825. The quantitative estimate of drug-likeness (QED) is 0.181. The number of fused-ring (bicyclic) bond motifs is 1. The van der Waals surface area contributed by atoms with E-state index in [1.165, 1.54) is 11.1 Å². The Labute approximate surface area is 401 Å². The smallest absolute Gasteiger partial charge is 0.149 e. The summed E-state index contributed by atoms with van der Waals surface area (Å²) in [5.41, 5.74) is 13.5. The standard InChI is InChI=1S/C62H69N3O/c1-58(2,3)44-26-24-40(25-27-44)49-36-45(59(4,5)6)28-29-53(49)65-54-23-19-22-48(55(54)64-57(65)50-37-47(61(10,11)12)38-51(56(50)66)62(13,14)15)42-32-43(34-46(33-42)60(7,8)9)52-35-41(30-31-63-52)39-20-17-16-18-21-39/h16-38,66H,1-15H3/i16D,17D,18D,20D,21D. The first-order valence-corrected chi connectivity index (χ1v) is 23.2. The molecule has 2 aromatic heterocycles. The van der Waals surface area contributed by atoms with Gasteiger partial charge in [-0.1, -0.05) is 189 Å². The Balaban J connectivity index is 1.46. The number of imidazole rings is 1. The van der Waals surface area contributed by atoms with Crippen LogP contribution in [0.4, 0.5) is 0 Å². The van der Waals surface area contributed by atoms with Crippen LogP contribution in [0.2, 0.25) is 0 Å². The van der Waals surface area contributed by atoms with Crippen molar-refractivity contribution in [1.29, 1.82) is 0 Å². The number of aromatic nitrogens is 3. The van der Waals surface area contributed by atoms with Gasteiger partial charge in [-0.3, -0.25) is 9.55 Å². The van der Waals surface area contributed by atoms with Crippen molar-refractivity contribution in [3.8, 4) is 67.5 Å². The Morgan fingerprint density at radius 1 is 0.470 bits per heavy atom. The molecule has 0 radical (unpaired) electrons. The van der Waals surface area contributed by atoms with Crippen LogP contribution in [0.25, 0.3) is 72.7 Å². The predicted octanol–water partition coefficient (Wildman–Crippen LogP) is 16.9. The molecule has 6 aromatic carbocycles. The van der Waals surface area contributed by atoms with Gasteiger partial charge in [0.25, 0.3) is 0 Å². The topological polar surface area (TPSA) is 50.9 Å². The molecule has 338 valence electrons. The van der Waals surface area contributed by atoms with Gasteiger partial charge in [-0.2, -0.15) is 0 Å². The van der Waals surface area contributed by atoms with E-state index in [1.807, 2.05) is 6.07 Å². The third-order valence-corrected chi connectivity index (χ3v) is 12.8. The van der Waals surface area contributed by atoms with Crippen molar-refractivity contribution in [3.63, 3.8) is 0 Å². The molecule has 0 aliphatic rings. The molecule has 2 heterocycles. The normalized spacial score (nSPS) is 13.9. The highest BCUT2D eigenvalue weighted by Gasteiger charge is 2.30. The molecule has 4 heteroatoms. The van der Waals surface area contributed by atoms with Crippen molar-refractivity contribution in [2.75, 3.05) is 0 Å². The average Bonchev–Trinajstić information content (AvgIpc) is 3.68. The molecular weight excluding hydrogens is 803 g/mol. The molecule has 8 aromatic rings. The number of para-hydroxylation sites is 1. The zero-order chi connectivity index (χ0) is 52.1. The van der Waals surface area contributed by atoms with E-state index in [2.05, 4.69) is 199 Å². The van der Waals surface area contributed by atoms with Gasteiger partial charge in [0.1, 0.15) is 11.6 Å². The lowest BCUT2D eigenvalue weighted by molar-refractivity contribution is 0.446. The second-order valence-electron chi connectivity index (χ2n) is 23.2. The van der Waals surface area contributed by atoms with Crippen LogP contribution < -0.4 is 0 Å². The number of nitrogens with zero attached hydrogens (tertiary/aromatic N) is 3. The fraction of sp³-hybridized carbons (Fsp3) is 0.323. The maximum atomic E-state index is 12.7. The minimum atomic E-state index is -0.431. The highest BCUT2D eigenvalue weighted by Crippen LogP contribution is 2.46. The van der Waals surface area contributed by atoms with Gasteiger partial charge in [-0.05, 0) is 120 Å². The first kappa shape index (κ1) is 40.1. The summed E-state index contributed by atoms with van der Waals surface area (Å²) < 4.78 is 44.7. The third kappa shape index (κ3) is 9.12. The highest BCUT2D eigenvalue weighted by molar-refractivity contribution is 5.98. The first-order valence-electron chi connectivity index (χ1n) is 25.7. The van der Waals surface area contributed by atoms with Crippen molar-refractivity contribution >= 4 is 11.0 Å². The van der Waals surface area contributed by atoms with E-state index in [0.717, 1.165) is 61.2 Å². The molecule has 0 saturated heterocycles. The zero-order valence-corrected chi connectivity index (χ0v) is 41.7. The monoisotopic (exact) mass is 877 g/mol. The predicted molar refractivity (Wildman–Crippen MR) is 281 cm³/mol. The van der Waals surface area contributed by atoms with Gasteiger partial charge in [-0.25, -0.2) is 4.98 Å². The van der Waals surface area contributed by atoms with Gasteiger partial charge in [0.05, 0.1) is 34.8 Å². The van der Waals surface area contributed by atoms with E-state index < -0.39 is 6.04 Å². The van der Waals surface area contributed by atoms with Gasteiger partial charge >= 0.3 is 0 Å². The number of aromatic hydroxyl groups is 1. The van der Waals surface area contributed by atoms with E-state index in [-0.39, 0.29) is 62.6 Å². The Kier molecular flexibility index (Phi) is 10.1. The van der Waals surface area contributed by atoms with Gasteiger partial charge in [0, 0.05) is 28.5 Å². The van der Waals surface area contributed by atoms with Crippen LogP contribution in [0.3, 0.4) is 0 Å². The van der Waals surface area contributed by atoms with Crippen molar-refractivity contribution in [3.05, 3.63) is 167 Å². The zero-order valence-electron chi connectivity index (χ0n) is 46.7. The van der Waals surface area contributed by atoms with Crippen molar-refractivity contribution < 1.29 is 12.0 Å². The van der Waals surface area contributed by atoms with Crippen molar-refractivity contribution in [2.24, 2.45) is 0 Å². The Morgan fingerprint density at radius 2 is 1.06 bits per heavy atom. The van der Waals surface area contributed by atoms with Crippen LogP contribution >= 0.6 is 0 Å². The molecule has 0 aliphatic heterocycles. The van der Waals surface area contributed by atoms with Crippen molar-refractivity contribution in [2.45, 2.75) is 131 Å². The summed E-state index contributed by atoms with van der Waals surface area (Å²) in [6, 6.07) is 34.5. The van der Waals surface area contributed by atoms with E-state index in [9.17, 15) is 5.11 Å². The van der Waals surface area contributed by atoms with Crippen LogP contribution in [-0.2, 0) is 27.1 Å². The minimum Gasteiger partial charge on any atom is -0.507 e. The highest BCUT2D eigenvalue weighted by atomic mass is 16.3. The van der Waals surface area contributed by atoms with Crippen LogP contribution in [0, 0.1) is 0 Å². The molecule has 0 unspecified atom stereocenters. The molecule has 0 aliphatic carbocycles. The lowest BCUT2D eigenvalue weighted by Gasteiger charge is -2.28. The first-order chi connectivity index (χ1) is 32.9. The average molecular weight is 877 g/mol. The van der Waals surface area contributed by atoms with Crippen LogP contribution in [0.5, 0.6) is 5.75 Å². The molecule has 1 N–H and O–H groups in total. The Morgan fingerprint density at radius 3 is 1.68 bits per heavy atom. The maximum absolute atomic E-state index is 12.7. The number of hydrogen-bond donors (Lipinski definition) is 1. The minimum absolute atomic E-state index is 0.0214. The van der Waals surface area contributed by atoms with Crippen LogP contribution in [0.15, 0.2) is 140 Å². The molecule has 0 amide bonds. The molecule has 0 spiro atoms. The fourth-order valence-corrected chi connectivity index (χ4v) is 8.65. The van der Waals surface area contributed by atoms with Crippen LogP contribution in [-0.4, -0.2) is 19.6 Å². The van der Waals surface area contributed by atoms with Gasteiger partial charge in [0.2, 0.25) is 0 Å². The summed E-state index contributed by atoms with van der Waals surface area (Å²) in [6.45, 7) is 33.0. The summed E-state index contributed by atoms with van der Waals surface area (Å²) >= 11 is 0. The number of phenols is 1. The van der Waals surface area contributed by atoms with E-state index in [0.29, 0.717) is 22.6 Å². The SMILES string of the molecule is [2H]c1c([2H])c([2H])c(-c2ccnc(-c3cc(-c4cccc5c4nc(-c4cc(C(C)(C)C)cc(C(C)(C)C)c4O)n5-c4ccc(C(C)(C)C)cc4-c4ccc(C(C)(C)C)cc4)cc(C(C)(C)C)c3)c2)c([2H])c1[2H]. The number of benzene rings is 6. The molecule has 4 nitrogen and oxygen atoms in total. The number of pyridine rings is 1. The summed E-state index contributed by atoms with van der Waals surface area (Å²) in [6.07, 6.45) is 1.63. The van der Waals surface area contributed by atoms with Gasteiger partial charge in [-0.15, -0.1) is 0 Å². The second kappa shape index (κ2) is 16.6. The largest absolute Gasteiger partial charge is 0.507 e. The Hall–Kier alpha value is -6.26. The molecule has 0 atom stereocenters. The molecule has 8 rings (SSSR count). The summed E-state index contributed by atoms with van der Waals surface area (Å²) in [5, 5.41) is 12.7. The van der Waals surface area contributed by atoms with Gasteiger partial charge in [0.15, 0.2) is 0 Å². The second-order valence-corrected chi connectivity index (χ2v) is 23.2. The number of rotatable bonds is 6.